The van der Waals surface area contributed by atoms with Gasteiger partial charge in [-0.15, -0.1) is 0 Å². The van der Waals surface area contributed by atoms with E-state index in [1.54, 1.807) is 0 Å². The first-order valence-corrected chi connectivity index (χ1v) is 7.94. The van der Waals surface area contributed by atoms with E-state index in [1.165, 1.54) is 0 Å². The average molecular weight is 393 g/mol. The van der Waals surface area contributed by atoms with Crippen molar-refractivity contribution in [3.63, 3.8) is 0 Å². The van der Waals surface area contributed by atoms with Crippen LogP contribution in [-0.4, -0.2) is 41.3 Å². The number of carbonyl (C=O) groups is 1. The lowest BCUT2D eigenvalue weighted by Crippen LogP contribution is -2.21. The fraction of sp³-hybridized carbons (Fsp3) is 0.167. The lowest BCUT2D eigenvalue weighted by atomic mass is 10.2. The molecule has 0 amide bonds. The van der Waals surface area contributed by atoms with Crippen molar-refractivity contribution in [2.75, 3.05) is 30.0 Å². The number of aliphatic carboxylic acids is 1. The maximum absolute atomic E-state index is 10.6. The molecule has 7 nitrogen and oxygen atoms in total. The van der Waals surface area contributed by atoms with Gasteiger partial charge >= 0.3 is 12.1 Å². The molecule has 148 valence electrons. The number of alkyl halides is 3. The van der Waals surface area contributed by atoms with Crippen molar-refractivity contribution in [3.05, 3.63) is 48.5 Å². The normalized spacial score (nSPS) is 10.8. The van der Waals surface area contributed by atoms with Crippen LogP contribution in [0.1, 0.15) is 0 Å². The molecule has 0 aliphatic rings. The monoisotopic (exact) mass is 393 g/mol. The lowest BCUT2D eigenvalue weighted by Gasteiger charge is -2.15. The molecule has 4 N–H and O–H groups in total. The number of carboxylic acid groups (broad SMARTS) is 1. The summed E-state index contributed by atoms with van der Waals surface area (Å²) in [5, 5.41) is 11.4. The number of rotatable bonds is 3. The Morgan fingerprint density at radius 2 is 1.64 bits per heavy atom. The standard InChI is InChI=1S/C16H17N5.C2HF3O2/c1-21(2)15-13-5-3-4-6-14(13)19-16(20-15)18-12-9-7-11(17)8-10-12;3-2(4,5)1(6)7/h3-10H,17H2,1-2H3,(H,18,19,20);(H,6,7). The highest BCUT2D eigenvalue weighted by molar-refractivity contribution is 5.90. The zero-order valence-corrected chi connectivity index (χ0v) is 15.0. The van der Waals surface area contributed by atoms with Gasteiger partial charge in [0.05, 0.1) is 5.52 Å². The molecule has 3 aromatic rings. The number of nitrogens with one attached hydrogen (secondary N) is 1. The molecule has 0 spiro atoms. The van der Waals surface area contributed by atoms with E-state index in [0.717, 1.165) is 28.1 Å². The maximum atomic E-state index is 10.6. The summed E-state index contributed by atoms with van der Waals surface area (Å²) >= 11 is 0. The third kappa shape index (κ3) is 5.47. The van der Waals surface area contributed by atoms with Gasteiger partial charge in [-0.25, -0.2) is 9.78 Å². The molecular formula is C18H18F3N5O2. The number of benzene rings is 2. The average Bonchev–Trinajstić information content (AvgIpc) is 2.62. The van der Waals surface area contributed by atoms with Crippen LogP contribution in [0.15, 0.2) is 48.5 Å². The number of carboxylic acids is 1. The highest BCUT2D eigenvalue weighted by Gasteiger charge is 2.38. The van der Waals surface area contributed by atoms with Crippen molar-refractivity contribution in [2.24, 2.45) is 0 Å². The second-order valence-electron chi connectivity index (χ2n) is 5.83. The molecule has 0 fully saturated rings. The SMILES string of the molecule is CN(C)c1nc(Nc2ccc(N)cc2)nc2ccccc12.O=C(O)C(F)(F)F. The van der Waals surface area contributed by atoms with Gasteiger partial charge in [0.25, 0.3) is 0 Å². The molecule has 28 heavy (non-hydrogen) atoms. The fourth-order valence-corrected chi connectivity index (χ4v) is 2.15. The Bertz CT molecular complexity index is 960. The minimum absolute atomic E-state index is 0.571. The van der Waals surface area contributed by atoms with Crippen LogP contribution in [0.5, 0.6) is 0 Å². The highest BCUT2D eigenvalue weighted by atomic mass is 19.4. The summed E-state index contributed by atoms with van der Waals surface area (Å²) in [6.07, 6.45) is -5.08. The fourth-order valence-electron chi connectivity index (χ4n) is 2.15. The number of nitrogen functional groups attached to an aromatic ring is 1. The highest BCUT2D eigenvalue weighted by Crippen LogP contribution is 2.25. The summed E-state index contributed by atoms with van der Waals surface area (Å²) in [7, 11) is 3.95. The number of hydrogen-bond acceptors (Lipinski definition) is 6. The topological polar surface area (TPSA) is 104 Å². The first-order chi connectivity index (χ1) is 13.1. The number of aromatic nitrogens is 2. The van der Waals surface area contributed by atoms with E-state index in [4.69, 9.17) is 15.6 Å². The van der Waals surface area contributed by atoms with Crippen LogP contribution in [0.2, 0.25) is 0 Å². The number of nitrogens with zero attached hydrogens (tertiary/aromatic N) is 3. The van der Waals surface area contributed by atoms with E-state index < -0.39 is 12.1 Å². The van der Waals surface area contributed by atoms with Crippen LogP contribution < -0.4 is 16.0 Å². The minimum atomic E-state index is -5.08. The summed E-state index contributed by atoms with van der Waals surface area (Å²) < 4.78 is 31.7. The third-order valence-corrected chi connectivity index (χ3v) is 3.42. The molecule has 0 bridgehead atoms. The summed E-state index contributed by atoms with van der Waals surface area (Å²) in [6, 6.07) is 15.5. The number of anilines is 4. The summed E-state index contributed by atoms with van der Waals surface area (Å²) in [5.41, 5.74) is 8.24. The largest absolute Gasteiger partial charge is 0.490 e. The molecule has 3 rings (SSSR count). The molecule has 2 aromatic carbocycles. The minimum Gasteiger partial charge on any atom is -0.475 e. The maximum Gasteiger partial charge on any atom is 0.490 e. The van der Waals surface area contributed by atoms with E-state index in [2.05, 4.69) is 15.3 Å². The molecule has 0 atom stereocenters. The summed E-state index contributed by atoms with van der Waals surface area (Å²) in [4.78, 5) is 20.0. The van der Waals surface area contributed by atoms with E-state index in [-0.39, 0.29) is 0 Å². The van der Waals surface area contributed by atoms with Crippen LogP contribution in [0.25, 0.3) is 10.9 Å². The molecule has 0 aliphatic carbocycles. The zero-order valence-electron chi connectivity index (χ0n) is 15.0. The number of para-hydroxylation sites is 1. The van der Waals surface area contributed by atoms with Gasteiger partial charge in [0.2, 0.25) is 5.95 Å². The Balaban J connectivity index is 0.000000345. The molecule has 0 unspecified atom stereocenters. The zero-order chi connectivity index (χ0) is 20.9. The van der Waals surface area contributed by atoms with Gasteiger partial charge < -0.3 is 21.1 Å². The van der Waals surface area contributed by atoms with Crippen molar-refractivity contribution < 1.29 is 23.1 Å². The second kappa shape index (κ2) is 8.42. The molecule has 1 heterocycles. The number of nitrogens with two attached hydrogens (primary N) is 1. The van der Waals surface area contributed by atoms with Crippen molar-refractivity contribution in [3.8, 4) is 0 Å². The Labute approximate surface area is 158 Å². The van der Waals surface area contributed by atoms with Gasteiger partial charge in [0.1, 0.15) is 5.82 Å². The predicted octanol–water partition coefficient (Wildman–Crippen LogP) is 3.65. The lowest BCUT2D eigenvalue weighted by molar-refractivity contribution is -0.192. The Morgan fingerprint density at radius 1 is 1.07 bits per heavy atom. The Morgan fingerprint density at radius 3 is 2.18 bits per heavy atom. The Kier molecular flexibility index (Phi) is 6.24. The number of halogens is 3. The van der Waals surface area contributed by atoms with Crippen LogP contribution in [0.3, 0.4) is 0 Å². The van der Waals surface area contributed by atoms with Gasteiger partial charge in [-0.05, 0) is 36.4 Å². The van der Waals surface area contributed by atoms with Crippen LogP contribution in [-0.2, 0) is 4.79 Å². The first kappa shape index (κ1) is 20.7. The third-order valence-electron chi connectivity index (χ3n) is 3.42. The van der Waals surface area contributed by atoms with E-state index >= 15 is 0 Å². The molecule has 0 saturated heterocycles. The summed E-state index contributed by atoms with van der Waals surface area (Å²) in [6.45, 7) is 0. The molecule has 10 heteroatoms. The van der Waals surface area contributed by atoms with Gasteiger partial charge in [-0.2, -0.15) is 18.2 Å². The quantitative estimate of drug-likeness (QED) is 0.584. The van der Waals surface area contributed by atoms with Crippen molar-refractivity contribution in [1.82, 2.24) is 9.97 Å². The van der Waals surface area contributed by atoms with E-state index in [1.807, 2.05) is 67.5 Å². The number of hydrogen-bond donors (Lipinski definition) is 3. The second-order valence-corrected chi connectivity index (χ2v) is 5.83. The van der Waals surface area contributed by atoms with Crippen molar-refractivity contribution in [1.29, 1.82) is 0 Å². The smallest absolute Gasteiger partial charge is 0.475 e. The molecule has 0 radical (unpaired) electrons. The van der Waals surface area contributed by atoms with Crippen LogP contribution in [0.4, 0.5) is 36.3 Å². The van der Waals surface area contributed by atoms with E-state index in [0.29, 0.717) is 5.95 Å². The van der Waals surface area contributed by atoms with Gasteiger partial charge in [-0.1, -0.05) is 12.1 Å². The van der Waals surface area contributed by atoms with Gasteiger partial charge in [0, 0.05) is 30.9 Å². The van der Waals surface area contributed by atoms with Crippen molar-refractivity contribution in [2.45, 2.75) is 6.18 Å². The first-order valence-electron chi connectivity index (χ1n) is 7.94. The van der Waals surface area contributed by atoms with Crippen LogP contribution >= 0.6 is 0 Å². The Hall–Kier alpha value is -3.56. The van der Waals surface area contributed by atoms with Crippen LogP contribution in [0, 0.1) is 0 Å². The number of fused-ring (bicyclic) bond motifs is 1. The van der Waals surface area contributed by atoms with Crippen molar-refractivity contribution >= 4 is 40.0 Å². The predicted molar refractivity (Wildman–Crippen MR) is 102 cm³/mol. The molecule has 1 aromatic heterocycles. The molecular weight excluding hydrogens is 375 g/mol. The van der Waals surface area contributed by atoms with Gasteiger partial charge in [-0.3, -0.25) is 0 Å². The summed E-state index contributed by atoms with van der Waals surface area (Å²) in [5.74, 6) is -1.30. The van der Waals surface area contributed by atoms with E-state index in [9.17, 15) is 13.2 Å². The molecule has 0 saturated carbocycles. The van der Waals surface area contributed by atoms with Gasteiger partial charge in [0.15, 0.2) is 0 Å². The molecule has 0 aliphatic heterocycles.